The predicted molar refractivity (Wildman–Crippen MR) is 104 cm³/mol. The van der Waals surface area contributed by atoms with Gasteiger partial charge in [0, 0.05) is 0 Å². The third kappa shape index (κ3) is 4.81. The summed E-state index contributed by atoms with van der Waals surface area (Å²) in [6.45, 7) is 1.27. The van der Waals surface area contributed by atoms with Crippen LogP contribution in [0.15, 0.2) is 41.5 Å². The van der Waals surface area contributed by atoms with Crippen LogP contribution in [0.4, 0.5) is 13.2 Å². The molecule has 0 radical (unpaired) electrons. The molecule has 0 bridgehead atoms. The minimum absolute atomic E-state index is 0.0568. The molecule has 2 aromatic carbocycles. The van der Waals surface area contributed by atoms with Crippen molar-refractivity contribution in [2.45, 2.75) is 30.6 Å². The van der Waals surface area contributed by atoms with Crippen LogP contribution in [0.1, 0.15) is 23.6 Å². The Morgan fingerprint density at radius 1 is 1.23 bits per heavy atom. The number of fused-ring (bicyclic) bond motifs is 1. The third-order valence-corrected chi connectivity index (χ3v) is 7.35. The molecule has 12 heteroatoms. The summed E-state index contributed by atoms with van der Waals surface area (Å²) < 4.78 is 57.4. The van der Waals surface area contributed by atoms with Crippen LogP contribution in [0.2, 0.25) is 0 Å². The van der Waals surface area contributed by atoms with Crippen LogP contribution in [0.5, 0.6) is 17.2 Å². The average molecular weight is 568 g/mol. The summed E-state index contributed by atoms with van der Waals surface area (Å²) in [7, 11) is 0. The first-order valence-electron chi connectivity index (χ1n) is 9.03. The number of nitrogens with one attached hydrogen (secondary N) is 1. The number of nitrogens with zero attached hydrogens (tertiary/aromatic N) is 1. The van der Waals surface area contributed by atoms with E-state index >= 15 is 0 Å². The van der Waals surface area contributed by atoms with Crippen LogP contribution in [0, 0.1) is 0 Å². The summed E-state index contributed by atoms with van der Waals surface area (Å²) in [5, 5.41) is 13.4. The summed E-state index contributed by atoms with van der Waals surface area (Å²) in [6, 6.07) is 8.93. The van der Waals surface area contributed by atoms with Crippen molar-refractivity contribution in [2.24, 2.45) is 10.8 Å². The Balaban J connectivity index is 1.53. The van der Waals surface area contributed by atoms with Crippen LogP contribution in [-0.2, 0) is 12.8 Å². The molecule has 31 heavy (non-hydrogen) atoms. The van der Waals surface area contributed by atoms with Gasteiger partial charge in [0.2, 0.25) is 0 Å². The number of benzene rings is 2. The average Bonchev–Trinajstić information content (AvgIpc) is 3.41. The fourth-order valence-corrected chi connectivity index (χ4v) is 5.03. The van der Waals surface area contributed by atoms with Crippen molar-refractivity contribution in [3.63, 3.8) is 0 Å². The van der Waals surface area contributed by atoms with E-state index in [2.05, 4.69) is 10.5 Å². The van der Waals surface area contributed by atoms with Crippen molar-refractivity contribution >= 4 is 16.8 Å². The topological polar surface area (TPSA) is 98.3 Å². The zero-order valence-corrected chi connectivity index (χ0v) is 19.0. The van der Waals surface area contributed by atoms with E-state index in [0.29, 0.717) is 22.1 Å². The molecule has 4 N–H and O–H groups in total. The first-order valence-corrected chi connectivity index (χ1v) is 11.7. The van der Waals surface area contributed by atoms with Crippen molar-refractivity contribution in [1.82, 2.24) is 5.43 Å². The summed E-state index contributed by atoms with van der Waals surface area (Å²) in [4.78, 5) is 0. The predicted octanol–water partition coefficient (Wildman–Crippen LogP) is 0.00840. The summed E-state index contributed by atoms with van der Waals surface area (Å²) in [5.41, 5.74) is 7.82. The van der Waals surface area contributed by atoms with Gasteiger partial charge in [-0.05, 0) is 6.92 Å². The van der Waals surface area contributed by atoms with Crippen molar-refractivity contribution < 1.29 is 51.2 Å². The fourth-order valence-electron chi connectivity index (χ4n) is 2.80. The Bertz CT molecular complexity index is 1020. The third-order valence-electron chi connectivity index (χ3n) is 4.62. The van der Waals surface area contributed by atoms with E-state index < -0.39 is 44.7 Å². The van der Waals surface area contributed by atoms with Gasteiger partial charge in [-0.3, -0.25) is 5.43 Å². The van der Waals surface area contributed by atoms with Gasteiger partial charge in [-0.25, -0.2) is 0 Å². The maximum absolute atomic E-state index is 13.7. The first-order chi connectivity index (χ1) is 14.7. The van der Waals surface area contributed by atoms with Gasteiger partial charge in [-0.1, -0.05) is 0 Å². The number of aliphatic hydroxyl groups excluding tert-OH is 1. The quantitative estimate of drug-likeness (QED) is 0.423. The molecule has 2 aliphatic rings. The van der Waals surface area contributed by atoms with Crippen LogP contribution in [-0.4, -0.2) is 27.7 Å². The number of halogens is 4. The molecule has 0 fully saturated rings. The molecule has 168 valence electrons. The van der Waals surface area contributed by atoms with E-state index in [4.69, 9.17) is 16.6 Å². The molecule has 0 spiro atoms. The number of aliphatic hydroxyl groups is 1. The molecule has 0 aliphatic carbocycles. The van der Waals surface area contributed by atoms with Crippen molar-refractivity contribution in [3.05, 3.63) is 53.1 Å². The van der Waals surface area contributed by atoms with Crippen molar-refractivity contribution in [1.29, 1.82) is 0 Å². The molecule has 2 aliphatic heterocycles. The van der Waals surface area contributed by atoms with E-state index in [0.717, 1.165) is 17.8 Å². The normalized spacial score (nSPS) is 19.8. The first kappa shape index (κ1) is 22.3. The molecule has 0 saturated carbocycles. The SMILES string of the molecule is C[C@](N)(CO)C1NN=C(c2ccc(OCc3ccc4c(c3)O[I-]O4)c(C(F)(F)F)c2)S1. The second kappa shape index (κ2) is 8.56. The van der Waals surface area contributed by atoms with Gasteiger partial charge in [-0.15, -0.1) is 0 Å². The van der Waals surface area contributed by atoms with E-state index in [-0.39, 0.29) is 24.5 Å². The zero-order chi connectivity index (χ0) is 22.2. The minimum atomic E-state index is -4.62. The Morgan fingerprint density at radius 2 is 2.00 bits per heavy atom. The molecule has 2 atom stereocenters. The number of thioether (sulfide) groups is 1. The zero-order valence-electron chi connectivity index (χ0n) is 16.1. The van der Waals surface area contributed by atoms with Gasteiger partial charge in [0.15, 0.2) is 0 Å². The standard InChI is InChI=1S/C19H18F3IN3O4S/c1-18(24,9-27)17-26-25-16(31-17)11-3-5-13(12(7-11)19(20,21)22)28-8-10-2-4-14-15(6-10)30-23-29-14/h2-7,17,26-27H,8-9,24H2,1H3/q-1/t17?,18-/m0/s1. The molecular formula is C19H18F3IN3O4S-. The van der Waals surface area contributed by atoms with E-state index in [1.165, 1.54) is 12.1 Å². The van der Waals surface area contributed by atoms with E-state index in [9.17, 15) is 18.3 Å². The number of hydrazone groups is 1. The van der Waals surface area contributed by atoms with Crippen LogP contribution >= 0.6 is 11.8 Å². The summed E-state index contributed by atoms with van der Waals surface area (Å²) in [6.07, 6.45) is -4.62. The van der Waals surface area contributed by atoms with Crippen molar-refractivity contribution in [3.8, 4) is 17.2 Å². The fraction of sp³-hybridized carbons (Fsp3) is 0.316. The number of hydrogen-bond donors (Lipinski definition) is 3. The molecule has 0 saturated heterocycles. The van der Waals surface area contributed by atoms with Gasteiger partial charge in [0.25, 0.3) is 0 Å². The van der Waals surface area contributed by atoms with Crippen LogP contribution < -0.4 is 44.1 Å². The second-order valence-corrected chi connectivity index (χ2v) is 9.54. The summed E-state index contributed by atoms with van der Waals surface area (Å²) in [5.74, 6) is 0.926. The number of nitrogens with two attached hydrogens (primary N) is 1. The van der Waals surface area contributed by atoms with Crippen LogP contribution in [0.25, 0.3) is 0 Å². The molecule has 2 aromatic rings. The maximum atomic E-state index is 13.7. The van der Waals surface area contributed by atoms with Crippen molar-refractivity contribution in [2.75, 3.05) is 6.61 Å². The molecule has 0 amide bonds. The van der Waals surface area contributed by atoms with Gasteiger partial charge in [0.05, 0.1) is 12.1 Å². The number of rotatable bonds is 6. The molecule has 2 heterocycles. The Hall–Kier alpha value is -1.90. The molecular weight excluding hydrogens is 550 g/mol. The van der Waals surface area contributed by atoms with E-state index in [1.54, 1.807) is 25.1 Å². The molecule has 4 rings (SSSR count). The van der Waals surface area contributed by atoms with Gasteiger partial charge < -0.3 is 10.8 Å². The number of alkyl halides is 3. The number of ether oxygens (including phenoxy) is 1. The second-order valence-electron chi connectivity index (χ2n) is 7.20. The van der Waals surface area contributed by atoms with E-state index in [1.807, 2.05) is 0 Å². The van der Waals surface area contributed by atoms with Gasteiger partial charge in [0.1, 0.15) is 5.37 Å². The Kier molecular flexibility index (Phi) is 6.16. The monoisotopic (exact) mass is 568 g/mol. The molecule has 0 aromatic heterocycles. The van der Waals surface area contributed by atoms with Crippen LogP contribution in [0.3, 0.4) is 0 Å². The summed E-state index contributed by atoms with van der Waals surface area (Å²) >= 11 is 0.338. The van der Waals surface area contributed by atoms with Gasteiger partial charge >= 0.3 is 151 Å². The molecule has 1 unspecified atom stereocenters. The molecule has 7 nitrogen and oxygen atoms in total. The Labute approximate surface area is 191 Å². The Morgan fingerprint density at radius 3 is 2.74 bits per heavy atom. The van der Waals surface area contributed by atoms with Gasteiger partial charge in [-0.2, -0.15) is 0 Å². The number of hydrogen-bond acceptors (Lipinski definition) is 8.